The molecule has 1 rings (SSSR count). The Bertz CT molecular complexity index is 315. The molecule has 0 bridgehead atoms. The van der Waals surface area contributed by atoms with Crippen LogP contribution in [0, 0.1) is 11.6 Å². The van der Waals surface area contributed by atoms with Crippen LogP contribution < -0.4 is 5.73 Å². The van der Waals surface area contributed by atoms with E-state index in [2.05, 4.69) is 15.9 Å². The molecule has 4 heteroatoms. The predicted molar refractivity (Wildman–Crippen MR) is 51.5 cm³/mol. The highest BCUT2D eigenvalue weighted by Crippen LogP contribution is 2.24. The summed E-state index contributed by atoms with van der Waals surface area (Å²) in [6.07, 6.45) is 0. The van der Waals surface area contributed by atoms with Crippen LogP contribution in [0.15, 0.2) is 16.6 Å². The second-order valence-corrected chi connectivity index (χ2v) is 3.78. The number of rotatable bonds is 2. The molecule has 1 nitrogen and oxygen atoms in total. The van der Waals surface area contributed by atoms with Crippen molar-refractivity contribution in [2.75, 3.05) is 6.54 Å². The lowest BCUT2D eigenvalue weighted by atomic mass is 10.0. The highest BCUT2D eigenvalue weighted by Gasteiger charge is 2.12. The lowest BCUT2D eigenvalue weighted by molar-refractivity contribution is 0.565. The van der Waals surface area contributed by atoms with Gasteiger partial charge in [-0.25, -0.2) is 8.78 Å². The summed E-state index contributed by atoms with van der Waals surface area (Å²) in [4.78, 5) is 0. The van der Waals surface area contributed by atoms with Crippen molar-refractivity contribution in [1.82, 2.24) is 0 Å². The third-order valence-corrected chi connectivity index (χ3v) is 2.53. The fourth-order valence-corrected chi connectivity index (χ4v) is 1.36. The van der Waals surface area contributed by atoms with Crippen LogP contribution in [0.1, 0.15) is 18.4 Å². The van der Waals surface area contributed by atoms with Gasteiger partial charge < -0.3 is 5.73 Å². The van der Waals surface area contributed by atoms with Gasteiger partial charge in [0, 0.05) is 0 Å². The first-order chi connectivity index (χ1) is 6.06. The molecule has 1 aromatic rings. The van der Waals surface area contributed by atoms with Gasteiger partial charge in [-0.05, 0) is 46.1 Å². The van der Waals surface area contributed by atoms with E-state index in [-0.39, 0.29) is 10.4 Å². The van der Waals surface area contributed by atoms with Crippen molar-refractivity contribution < 1.29 is 8.78 Å². The Morgan fingerprint density at radius 2 is 2.00 bits per heavy atom. The van der Waals surface area contributed by atoms with E-state index < -0.39 is 11.6 Å². The van der Waals surface area contributed by atoms with Crippen LogP contribution in [0.4, 0.5) is 8.78 Å². The maximum atomic E-state index is 13.2. The third-order valence-electron chi connectivity index (χ3n) is 1.92. The fraction of sp³-hybridized carbons (Fsp3) is 0.333. The van der Waals surface area contributed by atoms with Gasteiger partial charge >= 0.3 is 0 Å². The van der Waals surface area contributed by atoms with Gasteiger partial charge in [-0.15, -0.1) is 0 Å². The van der Waals surface area contributed by atoms with Crippen LogP contribution in [-0.4, -0.2) is 6.54 Å². The highest BCUT2D eigenvalue weighted by molar-refractivity contribution is 9.10. The Kier molecular flexibility index (Phi) is 3.39. The van der Waals surface area contributed by atoms with Crippen molar-refractivity contribution in [3.63, 3.8) is 0 Å². The monoisotopic (exact) mass is 249 g/mol. The maximum Gasteiger partial charge on any atom is 0.137 e. The normalized spacial score (nSPS) is 13.0. The molecule has 0 saturated carbocycles. The Hall–Kier alpha value is -0.480. The lowest BCUT2D eigenvalue weighted by Gasteiger charge is -2.10. The Morgan fingerprint density at radius 1 is 1.38 bits per heavy atom. The molecule has 0 aliphatic carbocycles. The van der Waals surface area contributed by atoms with Gasteiger partial charge in [0.05, 0.1) is 4.47 Å². The van der Waals surface area contributed by atoms with Crippen molar-refractivity contribution in [2.45, 2.75) is 12.8 Å². The number of halogens is 3. The molecule has 0 aliphatic rings. The molecule has 2 N–H and O–H groups in total. The summed E-state index contributed by atoms with van der Waals surface area (Å²) in [5, 5.41) is 0. The molecule has 0 fully saturated rings. The van der Waals surface area contributed by atoms with Crippen molar-refractivity contribution in [3.8, 4) is 0 Å². The average Bonchev–Trinajstić information content (AvgIpc) is 2.10. The summed E-state index contributed by atoms with van der Waals surface area (Å²) in [6.45, 7) is 2.06. The van der Waals surface area contributed by atoms with Crippen LogP contribution in [-0.2, 0) is 0 Å². The summed E-state index contributed by atoms with van der Waals surface area (Å²) >= 11 is 2.90. The Morgan fingerprint density at radius 3 is 2.54 bits per heavy atom. The lowest BCUT2D eigenvalue weighted by Crippen LogP contribution is -2.10. The molecule has 0 saturated heterocycles. The van der Waals surface area contributed by atoms with Crippen LogP contribution >= 0.6 is 15.9 Å². The van der Waals surface area contributed by atoms with Gasteiger partial charge in [-0.1, -0.05) is 6.92 Å². The standard InChI is InChI=1S/C9H10BrF2N/c1-5(4-13)6-2-9(12)7(10)3-8(6)11/h2-3,5H,4,13H2,1H3. The Balaban J connectivity index is 3.15. The first-order valence-corrected chi connectivity index (χ1v) is 4.70. The molecule has 1 unspecified atom stereocenters. The molecule has 72 valence electrons. The molecule has 1 atom stereocenters. The molecule has 1 aromatic carbocycles. The summed E-state index contributed by atoms with van der Waals surface area (Å²) in [6, 6.07) is 2.30. The van der Waals surface area contributed by atoms with E-state index in [4.69, 9.17) is 5.73 Å². The van der Waals surface area contributed by atoms with Gasteiger partial charge in [0.15, 0.2) is 0 Å². The highest BCUT2D eigenvalue weighted by atomic mass is 79.9. The van der Waals surface area contributed by atoms with E-state index in [1.807, 2.05) is 0 Å². The minimum absolute atomic E-state index is 0.137. The third kappa shape index (κ3) is 2.25. The summed E-state index contributed by atoms with van der Waals surface area (Å²) < 4.78 is 26.4. The van der Waals surface area contributed by atoms with E-state index >= 15 is 0 Å². The van der Waals surface area contributed by atoms with Crippen LogP contribution in [0.5, 0.6) is 0 Å². The second kappa shape index (κ2) is 4.15. The van der Waals surface area contributed by atoms with E-state index in [0.29, 0.717) is 12.1 Å². The summed E-state index contributed by atoms with van der Waals surface area (Å²) in [5.41, 5.74) is 5.68. The number of benzene rings is 1. The zero-order chi connectivity index (χ0) is 10.0. The average molecular weight is 250 g/mol. The molecule has 0 radical (unpaired) electrons. The van der Waals surface area contributed by atoms with Gasteiger partial charge in [0.1, 0.15) is 11.6 Å². The molecule has 13 heavy (non-hydrogen) atoms. The fourth-order valence-electron chi connectivity index (χ4n) is 1.04. The van der Waals surface area contributed by atoms with Crippen LogP contribution in [0.25, 0.3) is 0 Å². The molecular formula is C9H10BrF2N. The van der Waals surface area contributed by atoms with E-state index in [1.54, 1.807) is 6.92 Å². The first-order valence-electron chi connectivity index (χ1n) is 3.90. The minimum atomic E-state index is -0.461. The molecule has 0 amide bonds. The van der Waals surface area contributed by atoms with Crippen molar-refractivity contribution in [1.29, 1.82) is 0 Å². The first kappa shape index (κ1) is 10.6. The van der Waals surface area contributed by atoms with Gasteiger partial charge in [0.25, 0.3) is 0 Å². The van der Waals surface area contributed by atoms with Crippen molar-refractivity contribution >= 4 is 15.9 Å². The number of hydrogen-bond acceptors (Lipinski definition) is 1. The van der Waals surface area contributed by atoms with Gasteiger partial charge in [-0.3, -0.25) is 0 Å². The largest absolute Gasteiger partial charge is 0.330 e. The molecule has 0 aliphatic heterocycles. The molecule has 0 aromatic heterocycles. The predicted octanol–water partition coefficient (Wildman–Crippen LogP) is 2.79. The minimum Gasteiger partial charge on any atom is -0.330 e. The summed E-state index contributed by atoms with van der Waals surface area (Å²) in [5.74, 6) is -1.05. The van der Waals surface area contributed by atoms with E-state index in [0.717, 1.165) is 6.07 Å². The molecular weight excluding hydrogens is 240 g/mol. The van der Waals surface area contributed by atoms with E-state index in [9.17, 15) is 8.78 Å². The second-order valence-electron chi connectivity index (χ2n) is 2.92. The topological polar surface area (TPSA) is 26.0 Å². The zero-order valence-corrected chi connectivity index (χ0v) is 8.74. The van der Waals surface area contributed by atoms with Crippen molar-refractivity contribution in [2.24, 2.45) is 5.73 Å². The SMILES string of the molecule is CC(CN)c1cc(F)c(Br)cc1F. The van der Waals surface area contributed by atoms with E-state index in [1.165, 1.54) is 6.07 Å². The maximum absolute atomic E-state index is 13.2. The number of hydrogen-bond donors (Lipinski definition) is 1. The number of nitrogens with two attached hydrogens (primary N) is 1. The van der Waals surface area contributed by atoms with Crippen molar-refractivity contribution in [3.05, 3.63) is 33.8 Å². The zero-order valence-electron chi connectivity index (χ0n) is 7.15. The van der Waals surface area contributed by atoms with Gasteiger partial charge in [0.2, 0.25) is 0 Å². The van der Waals surface area contributed by atoms with Crippen LogP contribution in [0.3, 0.4) is 0 Å². The smallest absolute Gasteiger partial charge is 0.137 e. The van der Waals surface area contributed by atoms with Crippen LogP contribution in [0.2, 0.25) is 0 Å². The molecule has 0 spiro atoms. The Labute approximate surface area is 84.1 Å². The van der Waals surface area contributed by atoms with Gasteiger partial charge in [-0.2, -0.15) is 0 Å². The quantitative estimate of drug-likeness (QED) is 0.802. The summed E-state index contributed by atoms with van der Waals surface area (Å²) in [7, 11) is 0. The molecule has 0 heterocycles.